The van der Waals surface area contributed by atoms with Gasteiger partial charge in [-0.15, -0.1) is 0 Å². The van der Waals surface area contributed by atoms with E-state index in [4.69, 9.17) is 0 Å². The third-order valence-electron chi connectivity index (χ3n) is 7.97. The van der Waals surface area contributed by atoms with Crippen molar-refractivity contribution in [1.29, 1.82) is 0 Å². The van der Waals surface area contributed by atoms with Crippen LogP contribution in [-0.4, -0.2) is 18.6 Å². The Hall–Kier alpha value is -3.05. The van der Waals surface area contributed by atoms with E-state index in [9.17, 15) is 18.6 Å². The normalized spacial score (nSPS) is 18.3. The SMILES string of the molecule is O=S1(=O)c2c(O)c3c4c(ccc5c6ccc7c8c(c(O)c1c(c2c45)c86)CCC7)CCC3. The molecule has 31 heavy (non-hydrogen) atoms. The maximum absolute atomic E-state index is 13.8. The first-order chi connectivity index (χ1) is 15.0. The molecule has 8 rings (SSSR count). The van der Waals surface area contributed by atoms with E-state index in [1.807, 2.05) is 0 Å². The van der Waals surface area contributed by atoms with Crippen molar-refractivity contribution in [3.63, 3.8) is 0 Å². The molecule has 0 amide bonds. The van der Waals surface area contributed by atoms with Gasteiger partial charge in [-0.1, -0.05) is 24.3 Å². The van der Waals surface area contributed by atoms with Gasteiger partial charge < -0.3 is 10.2 Å². The highest BCUT2D eigenvalue weighted by atomic mass is 32.2. The van der Waals surface area contributed by atoms with Crippen molar-refractivity contribution in [1.82, 2.24) is 0 Å². The zero-order valence-corrected chi connectivity index (χ0v) is 17.5. The average molecular weight is 426 g/mol. The number of sulfone groups is 1. The largest absolute Gasteiger partial charge is 0.506 e. The molecule has 1 aliphatic heterocycles. The van der Waals surface area contributed by atoms with Crippen LogP contribution in [0.1, 0.15) is 35.1 Å². The highest BCUT2D eigenvalue weighted by Crippen LogP contribution is 2.59. The van der Waals surface area contributed by atoms with Gasteiger partial charge in [-0.2, -0.15) is 0 Å². The molecule has 0 aromatic heterocycles. The van der Waals surface area contributed by atoms with Gasteiger partial charge in [0.2, 0.25) is 9.84 Å². The lowest BCUT2D eigenvalue weighted by molar-refractivity contribution is 0.449. The maximum Gasteiger partial charge on any atom is 0.215 e. The van der Waals surface area contributed by atoms with Crippen molar-refractivity contribution in [2.45, 2.75) is 48.3 Å². The fraction of sp³-hybridized carbons (Fsp3) is 0.231. The first-order valence-electron chi connectivity index (χ1n) is 10.9. The zero-order valence-electron chi connectivity index (χ0n) is 16.7. The van der Waals surface area contributed by atoms with Crippen molar-refractivity contribution in [3.05, 3.63) is 46.5 Å². The second-order valence-electron chi connectivity index (χ2n) is 9.32. The fourth-order valence-electron chi connectivity index (χ4n) is 6.84. The number of rotatable bonds is 0. The minimum absolute atomic E-state index is 0.00866. The number of hydrogen-bond acceptors (Lipinski definition) is 4. The van der Waals surface area contributed by atoms with Crippen molar-refractivity contribution < 1.29 is 18.6 Å². The minimum Gasteiger partial charge on any atom is -0.506 e. The van der Waals surface area contributed by atoms with E-state index in [-0.39, 0.29) is 21.3 Å². The Morgan fingerprint density at radius 1 is 0.581 bits per heavy atom. The van der Waals surface area contributed by atoms with Gasteiger partial charge in [-0.3, -0.25) is 0 Å². The van der Waals surface area contributed by atoms with Gasteiger partial charge in [0.15, 0.2) is 0 Å². The van der Waals surface area contributed by atoms with Crippen LogP contribution in [0, 0.1) is 0 Å². The van der Waals surface area contributed by atoms with Crippen molar-refractivity contribution in [2.75, 3.05) is 0 Å². The summed E-state index contributed by atoms with van der Waals surface area (Å²) in [6.45, 7) is 0. The predicted octanol–water partition coefficient (Wildman–Crippen LogP) is 5.27. The second-order valence-corrected chi connectivity index (χ2v) is 11.1. The molecule has 0 radical (unpaired) electrons. The topological polar surface area (TPSA) is 74.6 Å². The van der Waals surface area contributed by atoms with Crippen LogP contribution in [-0.2, 0) is 35.5 Å². The van der Waals surface area contributed by atoms with Crippen LogP contribution in [0.15, 0.2) is 34.1 Å². The van der Waals surface area contributed by atoms with E-state index < -0.39 is 9.84 Å². The molecule has 4 nitrogen and oxygen atoms in total. The fourth-order valence-corrected chi connectivity index (χ4v) is 8.75. The number of phenolic OH excluding ortho intramolecular Hbond substituents is 2. The molecule has 5 heteroatoms. The molecule has 0 saturated carbocycles. The third-order valence-corrected chi connectivity index (χ3v) is 9.84. The van der Waals surface area contributed by atoms with Gasteiger partial charge in [0, 0.05) is 21.9 Å². The quantitative estimate of drug-likeness (QED) is 0.256. The number of aromatic hydroxyl groups is 2. The van der Waals surface area contributed by atoms with Crippen LogP contribution in [0.4, 0.5) is 0 Å². The van der Waals surface area contributed by atoms with Crippen LogP contribution in [0.5, 0.6) is 11.5 Å². The predicted molar refractivity (Wildman–Crippen MR) is 120 cm³/mol. The van der Waals surface area contributed by atoms with Crippen molar-refractivity contribution in [3.8, 4) is 11.5 Å². The smallest absolute Gasteiger partial charge is 0.215 e. The molecular formula is C26H18O4S. The zero-order chi connectivity index (χ0) is 20.8. The van der Waals surface area contributed by atoms with Gasteiger partial charge in [0.1, 0.15) is 21.3 Å². The van der Waals surface area contributed by atoms with Gasteiger partial charge in [0.05, 0.1) is 0 Å². The number of benzene rings is 5. The molecule has 0 spiro atoms. The number of fused-ring (bicyclic) bond motifs is 1. The summed E-state index contributed by atoms with van der Waals surface area (Å²) in [7, 11) is -4.03. The molecule has 5 aromatic carbocycles. The van der Waals surface area contributed by atoms with E-state index in [0.29, 0.717) is 23.6 Å². The third kappa shape index (κ3) is 1.58. The summed E-state index contributed by atoms with van der Waals surface area (Å²) in [5.41, 5.74) is 3.83. The van der Waals surface area contributed by atoms with Crippen LogP contribution in [0.3, 0.4) is 0 Å². The molecule has 5 aromatic rings. The van der Waals surface area contributed by atoms with E-state index in [0.717, 1.165) is 69.1 Å². The lowest BCUT2D eigenvalue weighted by Gasteiger charge is -2.24. The summed E-state index contributed by atoms with van der Waals surface area (Å²) in [6.07, 6.45) is 4.95. The first-order valence-corrected chi connectivity index (χ1v) is 12.4. The average Bonchev–Trinajstić information content (AvgIpc) is 3.03. The molecular weight excluding hydrogens is 408 g/mol. The van der Waals surface area contributed by atoms with Gasteiger partial charge in [-0.25, -0.2) is 8.42 Å². The summed E-state index contributed by atoms with van der Waals surface area (Å²) < 4.78 is 27.7. The van der Waals surface area contributed by atoms with E-state index in [1.54, 1.807) is 0 Å². The lowest BCUT2D eigenvalue weighted by atomic mass is 9.79. The molecule has 0 unspecified atom stereocenters. The Bertz CT molecular complexity index is 1680. The van der Waals surface area contributed by atoms with Crippen molar-refractivity contribution in [2.24, 2.45) is 0 Å². The Labute approximate surface area is 178 Å². The standard InChI is InChI=1S/C26H18O4S/c27-23-15-5-1-3-11-7-9-13-14-10-8-12-4-2-6-16-18(12)20(14)22-21(19(13)17(11)15)25(23)31(29,30)26(22)24(16)28/h7-10,27-28H,1-6H2. The van der Waals surface area contributed by atoms with Crippen LogP contribution < -0.4 is 0 Å². The lowest BCUT2D eigenvalue weighted by Crippen LogP contribution is -2.06. The highest BCUT2D eigenvalue weighted by molar-refractivity contribution is 7.92. The van der Waals surface area contributed by atoms with Crippen LogP contribution in [0.25, 0.3) is 43.1 Å². The molecule has 0 bridgehead atoms. The Kier molecular flexibility index (Phi) is 2.62. The Morgan fingerprint density at radius 3 is 1.48 bits per heavy atom. The molecule has 2 aliphatic carbocycles. The van der Waals surface area contributed by atoms with Crippen LogP contribution in [0.2, 0.25) is 0 Å². The van der Waals surface area contributed by atoms with Crippen LogP contribution >= 0.6 is 0 Å². The van der Waals surface area contributed by atoms with E-state index in [1.165, 1.54) is 11.1 Å². The molecule has 152 valence electrons. The molecule has 0 saturated heterocycles. The number of phenols is 2. The maximum atomic E-state index is 13.8. The highest BCUT2D eigenvalue weighted by Gasteiger charge is 2.42. The summed E-state index contributed by atoms with van der Waals surface area (Å²) >= 11 is 0. The summed E-state index contributed by atoms with van der Waals surface area (Å²) in [5, 5.41) is 29.8. The summed E-state index contributed by atoms with van der Waals surface area (Å²) in [5.74, 6) is -0.222. The number of aryl methyl sites for hydroxylation is 4. The summed E-state index contributed by atoms with van der Waals surface area (Å²) in [4.78, 5) is 0.0173. The minimum atomic E-state index is -4.03. The van der Waals surface area contributed by atoms with E-state index in [2.05, 4.69) is 24.3 Å². The second kappa shape index (κ2) is 4.89. The van der Waals surface area contributed by atoms with Crippen molar-refractivity contribution >= 4 is 52.9 Å². The summed E-state index contributed by atoms with van der Waals surface area (Å²) in [6, 6.07) is 8.55. The van der Waals surface area contributed by atoms with Gasteiger partial charge in [0.25, 0.3) is 0 Å². The Morgan fingerprint density at radius 2 is 1.03 bits per heavy atom. The monoisotopic (exact) mass is 426 g/mol. The number of hydrogen-bond donors (Lipinski definition) is 2. The molecule has 0 fully saturated rings. The van der Waals surface area contributed by atoms with Gasteiger partial charge >= 0.3 is 0 Å². The molecule has 0 atom stereocenters. The van der Waals surface area contributed by atoms with Gasteiger partial charge in [-0.05, 0) is 82.0 Å². The van der Waals surface area contributed by atoms with E-state index >= 15 is 0 Å². The molecule has 3 aliphatic rings. The molecule has 2 N–H and O–H groups in total. The Balaban J connectivity index is 1.85. The molecule has 1 heterocycles. The first kappa shape index (κ1) is 16.6.